The van der Waals surface area contributed by atoms with Crippen molar-refractivity contribution in [1.82, 2.24) is 9.88 Å². The zero-order valence-corrected chi connectivity index (χ0v) is 12.0. The molecular formula is C13H12BrN3O3. The Kier molecular flexibility index (Phi) is 4.52. The Morgan fingerprint density at radius 3 is 2.70 bits per heavy atom. The van der Waals surface area contributed by atoms with Gasteiger partial charge in [-0.1, -0.05) is 0 Å². The number of hydrogen-bond donors (Lipinski definition) is 1. The molecule has 1 heterocycles. The Morgan fingerprint density at radius 2 is 2.05 bits per heavy atom. The molecule has 0 aliphatic carbocycles. The van der Waals surface area contributed by atoms with E-state index in [-0.39, 0.29) is 17.2 Å². The monoisotopic (exact) mass is 337 g/mol. The van der Waals surface area contributed by atoms with Gasteiger partial charge in [0.2, 0.25) is 0 Å². The number of aromatic nitrogens is 1. The second kappa shape index (κ2) is 6.33. The van der Waals surface area contributed by atoms with Gasteiger partial charge in [-0.3, -0.25) is 14.9 Å². The smallest absolute Gasteiger partial charge is 0.284 e. The first-order chi connectivity index (χ1) is 9.58. The summed E-state index contributed by atoms with van der Waals surface area (Å²) >= 11 is 3.08. The normalized spacial score (nSPS) is 10.2. The van der Waals surface area contributed by atoms with Crippen LogP contribution in [0.1, 0.15) is 10.4 Å². The van der Waals surface area contributed by atoms with Crippen LogP contribution in [0.4, 0.5) is 5.69 Å². The number of hydrogen-bond acceptors (Lipinski definition) is 3. The number of amides is 1. The largest absolute Gasteiger partial charge is 0.353 e. The van der Waals surface area contributed by atoms with Crippen LogP contribution in [-0.2, 0) is 6.54 Å². The van der Waals surface area contributed by atoms with Crippen molar-refractivity contribution < 1.29 is 9.72 Å². The zero-order chi connectivity index (χ0) is 14.5. The molecule has 7 heteroatoms. The summed E-state index contributed by atoms with van der Waals surface area (Å²) in [5.41, 5.74) is 0.149. The highest BCUT2D eigenvalue weighted by atomic mass is 79.9. The van der Waals surface area contributed by atoms with Crippen LogP contribution in [0.5, 0.6) is 0 Å². The SMILES string of the molecule is O=C(NCCn1cccc1)c1ccc(Br)c([N+](=O)[O-])c1. The van der Waals surface area contributed by atoms with E-state index >= 15 is 0 Å². The van der Waals surface area contributed by atoms with E-state index in [1.54, 1.807) is 6.07 Å². The van der Waals surface area contributed by atoms with E-state index in [1.807, 2.05) is 29.1 Å². The van der Waals surface area contributed by atoms with Crippen LogP contribution >= 0.6 is 15.9 Å². The van der Waals surface area contributed by atoms with Gasteiger partial charge in [0.1, 0.15) is 0 Å². The van der Waals surface area contributed by atoms with E-state index in [1.165, 1.54) is 12.1 Å². The predicted octanol–water partition coefficient (Wildman–Crippen LogP) is 2.59. The van der Waals surface area contributed by atoms with Crippen molar-refractivity contribution in [1.29, 1.82) is 0 Å². The first-order valence-corrected chi connectivity index (χ1v) is 6.70. The molecule has 2 aromatic rings. The molecule has 0 saturated carbocycles. The number of carbonyl (C=O) groups excluding carboxylic acids is 1. The maximum Gasteiger partial charge on any atom is 0.284 e. The summed E-state index contributed by atoms with van der Waals surface area (Å²) in [6.07, 6.45) is 3.80. The maximum atomic E-state index is 11.9. The Morgan fingerprint density at radius 1 is 1.35 bits per heavy atom. The van der Waals surface area contributed by atoms with Crippen LogP contribution in [0.2, 0.25) is 0 Å². The summed E-state index contributed by atoms with van der Waals surface area (Å²) in [4.78, 5) is 22.2. The minimum Gasteiger partial charge on any atom is -0.353 e. The van der Waals surface area contributed by atoms with E-state index in [0.29, 0.717) is 17.6 Å². The maximum absolute atomic E-state index is 11.9. The molecule has 2 rings (SSSR count). The molecule has 0 aliphatic rings. The van der Waals surface area contributed by atoms with Gasteiger partial charge in [-0.15, -0.1) is 0 Å². The van der Waals surface area contributed by atoms with Gasteiger partial charge < -0.3 is 9.88 Å². The fourth-order valence-corrected chi connectivity index (χ4v) is 2.11. The molecular weight excluding hydrogens is 326 g/mol. The van der Waals surface area contributed by atoms with Gasteiger partial charge in [-0.2, -0.15) is 0 Å². The molecule has 0 spiro atoms. The number of nitrogens with one attached hydrogen (secondary N) is 1. The van der Waals surface area contributed by atoms with Gasteiger partial charge in [0.25, 0.3) is 11.6 Å². The molecule has 0 unspecified atom stereocenters. The van der Waals surface area contributed by atoms with Crippen LogP contribution < -0.4 is 5.32 Å². The Bertz CT molecular complexity index is 626. The van der Waals surface area contributed by atoms with Crippen LogP contribution in [0.25, 0.3) is 0 Å². The average Bonchev–Trinajstić information content (AvgIpc) is 2.92. The summed E-state index contributed by atoms with van der Waals surface area (Å²) in [7, 11) is 0. The molecule has 0 radical (unpaired) electrons. The summed E-state index contributed by atoms with van der Waals surface area (Å²) in [5.74, 6) is -0.326. The third-order valence-electron chi connectivity index (χ3n) is 2.73. The summed E-state index contributed by atoms with van der Waals surface area (Å²) < 4.78 is 2.29. The van der Waals surface area contributed by atoms with Crippen molar-refractivity contribution in [3.05, 3.63) is 62.9 Å². The molecule has 0 bridgehead atoms. The minimum absolute atomic E-state index is 0.122. The number of nitrogens with zero attached hydrogens (tertiary/aromatic N) is 2. The van der Waals surface area contributed by atoms with Crippen LogP contribution in [0.15, 0.2) is 47.2 Å². The molecule has 0 saturated heterocycles. The summed E-state index contributed by atoms with van der Waals surface area (Å²) in [5, 5.41) is 13.5. The Balaban J connectivity index is 1.98. The van der Waals surface area contributed by atoms with Gasteiger partial charge in [0.15, 0.2) is 0 Å². The molecule has 1 amide bonds. The molecule has 1 aromatic carbocycles. The first-order valence-electron chi connectivity index (χ1n) is 5.91. The highest BCUT2D eigenvalue weighted by Gasteiger charge is 2.15. The average molecular weight is 338 g/mol. The first kappa shape index (κ1) is 14.3. The number of halogens is 1. The van der Waals surface area contributed by atoms with Crippen LogP contribution in [0.3, 0.4) is 0 Å². The lowest BCUT2D eigenvalue weighted by Gasteiger charge is -2.06. The molecule has 0 atom stereocenters. The Hall–Kier alpha value is -2.15. The van der Waals surface area contributed by atoms with Crippen molar-refractivity contribution >= 4 is 27.5 Å². The predicted molar refractivity (Wildman–Crippen MR) is 77.6 cm³/mol. The molecule has 1 N–H and O–H groups in total. The van der Waals surface area contributed by atoms with Gasteiger partial charge in [0.05, 0.1) is 9.40 Å². The fourth-order valence-electron chi connectivity index (χ4n) is 1.71. The van der Waals surface area contributed by atoms with E-state index < -0.39 is 4.92 Å². The lowest BCUT2D eigenvalue weighted by Crippen LogP contribution is -2.27. The molecule has 104 valence electrons. The number of nitro benzene ring substituents is 1. The van der Waals surface area contributed by atoms with Crippen molar-refractivity contribution in [2.24, 2.45) is 0 Å². The molecule has 0 aliphatic heterocycles. The third-order valence-corrected chi connectivity index (χ3v) is 3.40. The van der Waals surface area contributed by atoms with Crippen molar-refractivity contribution in [3.63, 3.8) is 0 Å². The number of benzene rings is 1. The topological polar surface area (TPSA) is 77.2 Å². The van der Waals surface area contributed by atoms with Gasteiger partial charge in [-0.05, 0) is 40.2 Å². The van der Waals surface area contributed by atoms with Gasteiger partial charge >= 0.3 is 0 Å². The second-order valence-corrected chi connectivity index (χ2v) is 4.95. The lowest BCUT2D eigenvalue weighted by molar-refractivity contribution is -0.385. The highest BCUT2D eigenvalue weighted by Crippen LogP contribution is 2.25. The Labute approximate surface area is 123 Å². The minimum atomic E-state index is -0.527. The van der Waals surface area contributed by atoms with Crippen LogP contribution in [-0.4, -0.2) is 21.9 Å². The van der Waals surface area contributed by atoms with E-state index in [9.17, 15) is 14.9 Å². The summed E-state index contributed by atoms with van der Waals surface area (Å²) in [6, 6.07) is 8.11. The van der Waals surface area contributed by atoms with Gasteiger partial charge in [-0.25, -0.2) is 0 Å². The van der Waals surface area contributed by atoms with E-state index in [4.69, 9.17) is 0 Å². The number of carbonyl (C=O) groups is 1. The van der Waals surface area contributed by atoms with Crippen molar-refractivity contribution in [3.8, 4) is 0 Å². The quantitative estimate of drug-likeness (QED) is 0.672. The van der Waals surface area contributed by atoms with Gasteiger partial charge in [0, 0.05) is 37.1 Å². The molecule has 6 nitrogen and oxygen atoms in total. The standard InChI is InChI=1S/C13H12BrN3O3/c14-11-4-3-10(9-12(11)17(19)20)13(18)15-5-8-16-6-1-2-7-16/h1-4,6-7,9H,5,8H2,(H,15,18). The number of rotatable bonds is 5. The second-order valence-electron chi connectivity index (χ2n) is 4.10. The van der Waals surface area contributed by atoms with Crippen molar-refractivity contribution in [2.45, 2.75) is 6.54 Å². The third kappa shape index (κ3) is 3.45. The highest BCUT2D eigenvalue weighted by molar-refractivity contribution is 9.10. The molecule has 1 aromatic heterocycles. The zero-order valence-electron chi connectivity index (χ0n) is 10.5. The van der Waals surface area contributed by atoms with Crippen LogP contribution in [0, 0.1) is 10.1 Å². The summed E-state index contributed by atoms with van der Waals surface area (Å²) in [6.45, 7) is 1.11. The van der Waals surface area contributed by atoms with E-state index in [0.717, 1.165) is 0 Å². The van der Waals surface area contributed by atoms with E-state index in [2.05, 4.69) is 21.2 Å². The molecule has 0 fully saturated rings. The number of nitro groups is 1. The molecule has 20 heavy (non-hydrogen) atoms. The fraction of sp³-hybridized carbons (Fsp3) is 0.154. The lowest BCUT2D eigenvalue weighted by atomic mass is 10.2. The van der Waals surface area contributed by atoms with Crippen molar-refractivity contribution in [2.75, 3.05) is 6.54 Å².